The van der Waals surface area contributed by atoms with Crippen molar-refractivity contribution in [2.45, 2.75) is 47.1 Å². The van der Waals surface area contributed by atoms with E-state index in [1.54, 1.807) is 0 Å². The summed E-state index contributed by atoms with van der Waals surface area (Å²) in [6.07, 6.45) is 1.01. The average molecular weight is 264 g/mol. The summed E-state index contributed by atoms with van der Waals surface area (Å²) < 4.78 is 0. The minimum absolute atomic E-state index is 0.113. The topological polar surface area (TPSA) is 74.7 Å². The van der Waals surface area contributed by atoms with Crippen molar-refractivity contribution in [3.05, 3.63) is 22.9 Å². The Hall–Kier alpha value is -1.78. The fourth-order valence-electron chi connectivity index (χ4n) is 2.28. The van der Waals surface area contributed by atoms with Gasteiger partial charge in [-0.25, -0.2) is 4.98 Å². The van der Waals surface area contributed by atoms with Crippen molar-refractivity contribution in [3.63, 3.8) is 0 Å². The molecule has 19 heavy (non-hydrogen) atoms. The Kier molecular flexibility index (Phi) is 5.15. The van der Waals surface area contributed by atoms with Gasteiger partial charge in [0.05, 0.1) is 5.56 Å². The highest BCUT2D eigenvalue weighted by molar-refractivity contribution is 6.02. The van der Waals surface area contributed by atoms with Crippen molar-refractivity contribution in [3.8, 4) is 0 Å². The van der Waals surface area contributed by atoms with Gasteiger partial charge in [-0.3, -0.25) is 0 Å². The highest BCUT2D eigenvalue weighted by atomic mass is 16.4. The van der Waals surface area contributed by atoms with E-state index in [9.17, 15) is 0 Å². The molecule has 0 fully saturated rings. The lowest BCUT2D eigenvalue weighted by atomic mass is 10.1. The number of amidine groups is 1. The third kappa shape index (κ3) is 3.16. The zero-order valence-electron chi connectivity index (χ0n) is 12.4. The number of hydrogen-bond donors (Lipinski definition) is 2. The molecular formula is C14H24N4O. The lowest BCUT2D eigenvalue weighted by molar-refractivity contribution is 0.318. The van der Waals surface area contributed by atoms with Crippen LogP contribution in [-0.2, 0) is 0 Å². The van der Waals surface area contributed by atoms with Crippen LogP contribution in [0.4, 0.5) is 5.82 Å². The van der Waals surface area contributed by atoms with Gasteiger partial charge in [0.1, 0.15) is 5.82 Å². The van der Waals surface area contributed by atoms with Crippen molar-refractivity contribution >= 4 is 11.7 Å². The monoisotopic (exact) mass is 264 g/mol. The molecule has 5 nitrogen and oxygen atoms in total. The second kappa shape index (κ2) is 6.41. The van der Waals surface area contributed by atoms with Crippen LogP contribution in [0.15, 0.2) is 11.2 Å². The van der Waals surface area contributed by atoms with Crippen LogP contribution >= 0.6 is 0 Å². The summed E-state index contributed by atoms with van der Waals surface area (Å²) >= 11 is 0. The number of anilines is 1. The minimum atomic E-state index is 0.113. The highest BCUT2D eigenvalue weighted by Gasteiger charge is 2.20. The number of nitrogens with two attached hydrogens (primary N) is 1. The first kappa shape index (κ1) is 15.3. The maximum Gasteiger partial charge on any atom is 0.174 e. The molecule has 0 spiro atoms. The molecule has 3 N–H and O–H groups in total. The third-order valence-electron chi connectivity index (χ3n) is 3.43. The lowest BCUT2D eigenvalue weighted by Gasteiger charge is -2.30. The van der Waals surface area contributed by atoms with Crippen molar-refractivity contribution in [1.29, 1.82) is 0 Å². The molecule has 5 heteroatoms. The summed E-state index contributed by atoms with van der Waals surface area (Å²) in [7, 11) is 0. The molecule has 0 saturated heterocycles. The van der Waals surface area contributed by atoms with Gasteiger partial charge < -0.3 is 15.8 Å². The van der Waals surface area contributed by atoms with E-state index in [0.29, 0.717) is 6.04 Å². The molecule has 1 rings (SSSR count). The minimum Gasteiger partial charge on any atom is -0.409 e. The third-order valence-corrected chi connectivity index (χ3v) is 3.43. The predicted octanol–water partition coefficient (Wildman–Crippen LogP) is 2.42. The summed E-state index contributed by atoms with van der Waals surface area (Å²) in [5.74, 6) is 0.909. The van der Waals surface area contributed by atoms with Gasteiger partial charge in [0.2, 0.25) is 0 Å². The Labute approximate surface area is 115 Å². The van der Waals surface area contributed by atoms with E-state index in [4.69, 9.17) is 10.9 Å². The smallest absolute Gasteiger partial charge is 0.174 e. The van der Waals surface area contributed by atoms with E-state index in [0.717, 1.165) is 35.6 Å². The molecular weight excluding hydrogens is 240 g/mol. The number of pyridine rings is 1. The second-order valence-corrected chi connectivity index (χ2v) is 4.81. The van der Waals surface area contributed by atoms with Crippen LogP contribution in [0.1, 0.15) is 44.0 Å². The first-order chi connectivity index (χ1) is 8.96. The molecule has 1 heterocycles. The van der Waals surface area contributed by atoms with E-state index in [-0.39, 0.29) is 5.84 Å². The van der Waals surface area contributed by atoms with Crippen LogP contribution in [0, 0.1) is 13.8 Å². The van der Waals surface area contributed by atoms with E-state index in [1.165, 1.54) is 0 Å². The van der Waals surface area contributed by atoms with E-state index in [1.807, 2.05) is 19.9 Å². The summed E-state index contributed by atoms with van der Waals surface area (Å²) in [6, 6.07) is 2.30. The zero-order chi connectivity index (χ0) is 14.6. The highest BCUT2D eigenvalue weighted by Crippen LogP contribution is 2.24. The van der Waals surface area contributed by atoms with Crippen LogP contribution in [0.5, 0.6) is 0 Å². The Morgan fingerprint density at radius 1 is 1.47 bits per heavy atom. The summed E-state index contributed by atoms with van der Waals surface area (Å²) in [5.41, 5.74) is 8.44. The molecule has 0 aromatic carbocycles. The van der Waals surface area contributed by atoms with E-state index in [2.05, 4.69) is 35.8 Å². The quantitative estimate of drug-likeness (QED) is 0.371. The van der Waals surface area contributed by atoms with Gasteiger partial charge in [-0.2, -0.15) is 0 Å². The molecule has 0 bridgehead atoms. The molecule has 0 aliphatic rings. The Bertz CT molecular complexity index is 471. The van der Waals surface area contributed by atoms with Gasteiger partial charge in [-0.05, 0) is 45.7 Å². The average Bonchev–Trinajstić information content (AvgIpc) is 2.38. The molecule has 0 saturated carbocycles. The molecule has 0 radical (unpaired) electrons. The number of nitrogens with zero attached hydrogens (tertiary/aromatic N) is 3. The number of rotatable bonds is 5. The SMILES string of the molecule is CCC(C)N(CC)c1nc(C)cc(C)c1C(N)=NO. The molecule has 0 amide bonds. The van der Waals surface area contributed by atoms with Gasteiger partial charge in [0.15, 0.2) is 5.84 Å². The number of oxime groups is 1. The van der Waals surface area contributed by atoms with Gasteiger partial charge in [-0.15, -0.1) is 0 Å². The van der Waals surface area contributed by atoms with Gasteiger partial charge in [0, 0.05) is 18.3 Å². The summed E-state index contributed by atoms with van der Waals surface area (Å²) in [5, 5.41) is 12.1. The van der Waals surface area contributed by atoms with Crippen LogP contribution in [0.25, 0.3) is 0 Å². The Morgan fingerprint density at radius 2 is 2.11 bits per heavy atom. The predicted molar refractivity (Wildman–Crippen MR) is 79.0 cm³/mol. The Morgan fingerprint density at radius 3 is 2.58 bits per heavy atom. The second-order valence-electron chi connectivity index (χ2n) is 4.81. The zero-order valence-corrected chi connectivity index (χ0v) is 12.4. The van der Waals surface area contributed by atoms with Crippen molar-refractivity contribution < 1.29 is 5.21 Å². The van der Waals surface area contributed by atoms with E-state index >= 15 is 0 Å². The molecule has 0 aliphatic carbocycles. The number of hydrogen-bond acceptors (Lipinski definition) is 4. The normalized spacial score (nSPS) is 13.4. The molecule has 1 aromatic heterocycles. The lowest BCUT2D eigenvalue weighted by Crippen LogP contribution is -2.35. The molecule has 1 atom stereocenters. The van der Waals surface area contributed by atoms with Gasteiger partial charge >= 0.3 is 0 Å². The maximum atomic E-state index is 8.97. The van der Waals surface area contributed by atoms with Crippen LogP contribution in [0.2, 0.25) is 0 Å². The van der Waals surface area contributed by atoms with E-state index < -0.39 is 0 Å². The van der Waals surface area contributed by atoms with Crippen molar-refractivity contribution in [2.75, 3.05) is 11.4 Å². The largest absolute Gasteiger partial charge is 0.409 e. The fourth-order valence-corrected chi connectivity index (χ4v) is 2.28. The van der Waals surface area contributed by atoms with Gasteiger partial charge in [-0.1, -0.05) is 12.1 Å². The first-order valence-corrected chi connectivity index (χ1v) is 6.68. The first-order valence-electron chi connectivity index (χ1n) is 6.68. The molecule has 0 aliphatic heterocycles. The van der Waals surface area contributed by atoms with Crippen molar-refractivity contribution in [2.24, 2.45) is 10.9 Å². The van der Waals surface area contributed by atoms with Crippen LogP contribution in [0.3, 0.4) is 0 Å². The Balaban J connectivity index is 3.47. The summed E-state index contributed by atoms with van der Waals surface area (Å²) in [4.78, 5) is 6.79. The summed E-state index contributed by atoms with van der Waals surface area (Å²) in [6.45, 7) is 11.1. The van der Waals surface area contributed by atoms with Crippen LogP contribution in [-0.4, -0.2) is 28.6 Å². The van der Waals surface area contributed by atoms with Gasteiger partial charge in [0.25, 0.3) is 0 Å². The van der Waals surface area contributed by atoms with Crippen LogP contribution < -0.4 is 10.6 Å². The molecule has 1 unspecified atom stereocenters. The number of aromatic nitrogens is 1. The number of aryl methyl sites for hydroxylation is 2. The molecule has 106 valence electrons. The fraction of sp³-hybridized carbons (Fsp3) is 0.571. The van der Waals surface area contributed by atoms with Crippen molar-refractivity contribution in [1.82, 2.24) is 4.98 Å². The maximum absolute atomic E-state index is 8.97. The molecule has 1 aromatic rings. The standard InChI is InChI=1S/C14H24N4O/c1-6-11(5)18(7-2)14-12(13(15)17-19)9(3)8-10(4)16-14/h8,11,19H,6-7H2,1-5H3,(H2,15,17).